The van der Waals surface area contributed by atoms with Crippen LogP contribution in [0.4, 0.5) is 8.78 Å². The van der Waals surface area contributed by atoms with Crippen LogP contribution in [0.25, 0.3) is 0 Å². The maximum Gasteiger partial charge on any atom is 0.126 e. The summed E-state index contributed by atoms with van der Waals surface area (Å²) in [5.74, 6) is -1.19. The highest BCUT2D eigenvalue weighted by Crippen LogP contribution is 2.40. The van der Waals surface area contributed by atoms with Crippen molar-refractivity contribution >= 4 is 0 Å². The van der Waals surface area contributed by atoms with Crippen LogP contribution in [-0.2, 0) is 11.2 Å². The summed E-state index contributed by atoms with van der Waals surface area (Å²) in [5, 5.41) is 10.6. The first kappa shape index (κ1) is 12.1. The Morgan fingerprint density at radius 1 is 1.11 bits per heavy atom. The van der Waals surface area contributed by atoms with E-state index in [9.17, 15) is 13.9 Å². The lowest BCUT2D eigenvalue weighted by molar-refractivity contribution is -0.110. The van der Waals surface area contributed by atoms with E-state index in [0.717, 1.165) is 18.9 Å². The Hall–Kier alpha value is -1.00. The number of ether oxygens (including phenoxy) is 1. The van der Waals surface area contributed by atoms with Crippen molar-refractivity contribution in [1.82, 2.24) is 0 Å². The summed E-state index contributed by atoms with van der Waals surface area (Å²) < 4.78 is 31.9. The molecule has 3 rings (SSSR count). The van der Waals surface area contributed by atoms with Crippen molar-refractivity contribution in [2.75, 3.05) is 0 Å². The van der Waals surface area contributed by atoms with Crippen molar-refractivity contribution in [2.45, 2.75) is 49.9 Å². The molecule has 0 radical (unpaired) electrons. The molecule has 2 atom stereocenters. The third kappa shape index (κ3) is 2.40. The van der Waals surface area contributed by atoms with Crippen molar-refractivity contribution in [3.63, 3.8) is 0 Å². The van der Waals surface area contributed by atoms with Gasteiger partial charge in [-0.15, -0.1) is 0 Å². The second-order valence-electron chi connectivity index (χ2n) is 5.54. The topological polar surface area (TPSA) is 29.5 Å². The molecule has 0 aliphatic carbocycles. The largest absolute Gasteiger partial charge is 0.389 e. The molecular formula is C14H16F2O2. The highest BCUT2D eigenvalue weighted by atomic mass is 19.1. The lowest BCUT2D eigenvalue weighted by atomic mass is 9.84. The number of aliphatic hydroxyl groups is 1. The third-order valence-corrected chi connectivity index (χ3v) is 3.87. The van der Waals surface area contributed by atoms with E-state index >= 15 is 0 Å². The molecule has 1 N–H and O–H groups in total. The van der Waals surface area contributed by atoms with Crippen LogP contribution >= 0.6 is 0 Å². The van der Waals surface area contributed by atoms with Crippen molar-refractivity contribution in [3.8, 4) is 0 Å². The molecule has 0 amide bonds. The normalized spacial score (nSPS) is 34.8. The fourth-order valence-corrected chi connectivity index (χ4v) is 3.25. The quantitative estimate of drug-likeness (QED) is 0.879. The molecule has 1 aromatic carbocycles. The Labute approximate surface area is 105 Å². The molecule has 2 heterocycles. The van der Waals surface area contributed by atoms with E-state index < -0.39 is 17.2 Å². The monoisotopic (exact) mass is 254 g/mol. The average Bonchev–Trinajstić information content (AvgIpc) is 2.56. The predicted molar refractivity (Wildman–Crippen MR) is 62.1 cm³/mol. The zero-order valence-electron chi connectivity index (χ0n) is 10.0. The van der Waals surface area contributed by atoms with E-state index in [-0.39, 0.29) is 18.6 Å². The van der Waals surface area contributed by atoms with Gasteiger partial charge in [-0.1, -0.05) is 0 Å². The van der Waals surface area contributed by atoms with Gasteiger partial charge in [-0.25, -0.2) is 8.78 Å². The summed E-state index contributed by atoms with van der Waals surface area (Å²) in [4.78, 5) is 0. The summed E-state index contributed by atoms with van der Waals surface area (Å²) >= 11 is 0. The predicted octanol–water partition coefficient (Wildman–Crippen LogP) is 2.58. The highest BCUT2D eigenvalue weighted by molar-refractivity contribution is 5.20. The molecule has 2 unspecified atom stereocenters. The second kappa shape index (κ2) is 4.28. The molecule has 0 saturated carbocycles. The number of halogens is 2. The maximum absolute atomic E-state index is 13.1. The molecule has 1 aromatic rings. The number of benzene rings is 1. The lowest BCUT2D eigenvalue weighted by Crippen LogP contribution is -2.42. The minimum Gasteiger partial charge on any atom is -0.389 e. The number of hydrogen-bond donors (Lipinski definition) is 1. The standard InChI is InChI=1S/C14H16F2O2/c15-10-3-9(4-11(16)5-10)6-14(17)7-12-1-2-13(8-14)18-12/h3-5,12-13,17H,1-2,6-8H2. The SMILES string of the molecule is OC1(Cc2cc(F)cc(F)c2)CC2CCC(C1)O2. The van der Waals surface area contributed by atoms with Crippen LogP contribution in [0.3, 0.4) is 0 Å². The summed E-state index contributed by atoms with van der Waals surface area (Å²) in [6.07, 6.45) is 3.57. The summed E-state index contributed by atoms with van der Waals surface area (Å²) in [5.41, 5.74) is -0.374. The van der Waals surface area contributed by atoms with E-state index in [1.165, 1.54) is 12.1 Å². The van der Waals surface area contributed by atoms with Gasteiger partial charge in [-0.05, 0) is 30.5 Å². The highest BCUT2D eigenvalue weighted by Gasteiger charge is 2.43. The van der Waals surface area contributed by atoms with Gasteiger partial charge in [0.1, 0.15) is 11.6 Å². The van der Waals surface area contributed by atoms with Crippen LogP contribution in [0.15, 0.2) is 18.2 Å². The van der Waals surface area contributed by atoms with Gasteiger partial charge in [0.25, 0.3) is 0 Å². The van der Waals surface area contributed by atoms with E-state index in [1.54, 1.807) is 0 Å². The first-order valence-corrected chi connectivity index (χ1v) is 6.35. The maximum atomic E-state index is 13.1. The van der Waals surface area contributed by atoms with E-state index in [2.05, 4.69) is 0 Å². The van der Waals surface area contributed by atoms with Crippen LogP contribution < -0.4 is 0 Å². The van der Waals surface area contributed by atoms with Crippen LogP contribution in [0.1, 0.15) is 31.2 Å². The van der Waals surface area contributed by atoms with Gasteiger partial charge in [0, 0.05) is 25.3 Å². The average molecular weight is 254 g/mol. The number of fused-ring (bicyclic) bond motifs is 2. The third-order valence-electron chi connectivity index (χ3n) is 3.87. The Bertz CT molecular complexity index is 429. The second-order valence-corrected chi connectivity index (χ2v) is 5.54. The smallest absolute Gasteiger partial charge is 0.126 e. The van der Waals surface area contributed by atoms with Gasteiger partial charge in [0.15, 0.2) is 0 Å². The first-order valence-electron chi connectivity index (χ1n) is 6.35. The molecule has 2 nitrogen and oxygen atoms in total. The van der Waals surface area contributed by atoms with Gasteiger partial charge in [-0.2, -0.15) is 0 Å². The molecule has 0 spiro atoms. The van der Waals surface area contributed by atoms with E-state index in [0.29, 0.717) is 18.4 Å². The molecule has 2 saturated heterocycles. The van der Waals surface area contributed by atoms with Gasteiger partial charge in [0.05, 0.1) is 17.8 Å². The van der Waals surface area contributed by atoms with Crippen molar-refractivity contribution in [1.29, 1.82) is 0 Å². The molecule has 98 valence electrons. The fraction of sp³-hybridized carbons (Fsp3) is 0.571. The molecule has 0 aromatic heterocycles. The van der Waals surface area contributed by atoms with E-state index in [4.69, 9.17) is 4.74 Å². The van der Waals surface area contributed by atoms with Crippen LogP contribution in [0.5, 0.6) is 0 Å². The molecule has 18 heavy (non-hydrogen) atoms. The zero-order chi connectivity index (χ0) is 12.8. The first-order chi connectivity index (χ1) is 8.52. The van der Waals surface area contributed by atoms with Crippen LogP contribution in [0, 0.1) is 11.6 Å². The number of rotatable bonds is 2. The molecule has 4 heteroatoms. The Kier molecular flexibility index (Phi) is 2.87. The molecular weight excluding hydrogens is 238 g/mol. The van der Waals surface area contributed by atoms with Gasteiger partial charge >= 0.3 is 0 Å². The van der Waals surface area contributed by atoms with Gasteiger partial charge < -0.3 is 9.84 Å². The minimum absolute atomic E-state index is 0.104. The lowest BCUT2D eigenvalue weighted by Gasteiger charge is -2.36. The van der Waals surface area contributed by atoms with E-state index in [1.807, 2.05) is 0 Å². The Balaban J connectivity index is 1.79. The molecule has 2 aliphatic heterocycles. The fourth-order valence-electron chi connectivity index (χ4n) is 3.25. The van der Waals surface area contributed by atoms with Crippen molar-refractivity contribution in [2.24, 2.45) is 0 Å². The zero-order valence-corrected chi connectivity index (χ0v) is 10.0. The van der Waals surface area contributed by atoms with Gasteiger partial charge in [0.2, 0.25) is 0 Å². The summed E-state index contributed by atoms with van der Waals surface area (Å²) in [6, 6.07) is 3.43. The summed E-state index contributed by atoms with van der Waals surface area (Å²) in [7, 11) is 0. The van der Waals surface area contributed by atoms with Crippen molar-refractivity contribution < 1.29 is 18.6 Å². The molecule has 2 fully saturated rings. The van der Waals surface area contributed by atoms with Crippen molar-refractivity contribution in [3.05, 3.63) is 35.4 Å². The number of hydrogen-bond acceptors (Lipinski definition) is 2. The summed E-state index contributed by atoms with van der Waals surface area (Å²) in [6.45, 7) is 0. The molecule has 2 aliphatic rings. The Morgan fingerprint density at radius 2 is 1.67 bits per heavy atom. The Morgan fingerprint density at radius 3 is 2.22 bits per heavy atom. The van der Waals surface area contributed by atoms with Crippen LogP contribution in [-0.4, -0.2) is 22.9 Å². The molecule has 2 bridgehead atoms. The van der Waals surface area contributed by atoms with Crippen LogP contribution in [0.2, 0.25) is 0 Å². The van der Waals surface area contributed by atoms with Gasteiger partial charge in [-0.3, -0.25) is 0 Å². The minimum atomic E-state index is -0.885.